The summed E-state index contributed by atoms with van der Waals surface area (Å²) in [6.07, 6.45) is 0.381. The third-order valence-electron chi connectivity index (χ3n) is 5.37. The number of anilines is 1. The molecule has 9 nitrogen and oxygen atoms in total. The molecule has 3 aromatic rings. The van der Waals surface area contributed by atoms with Crippen molar-refractivity contribution in [3.63, 3.8) is 0 Å². The smallest absolute Gasteiger partial charge is 0.412 e. The van der Waals surface area contributed by atoms with Gasteiger partial charge in [-0.15, -0.1) is 0 Å². The van der Waals surface area contributed by atoms with E-state index in [9.17, 15) is 14.4 Å². The third kappa shape index (κ3) is 4.18. The molecule has 0 bridgehead atoms. The molecule has 0 radical (unpaired) electrons. The Kier molecular flexibility index (Phi) is 5.89. The summed E-state index contributed by atoms with van der Waals surface area (Å²) in [4.78, 5) is 35.5. The van der Waals surface area contributed by atoms with E-state index in [1.807, 2.05) is 36.4 Å². The molecule has 4 rings (SSSR count). The summed E-state index contributed by atoms with van der Waals surface area (Å²) in [5.41, 5.74) is 4.57. The quantitative estimate of drug-likeness (QED) is 0.525. The van der Waals surface area contributed by atoms with Gasteiger partial charge in [-0.1, -0.05) is 48.5 Å². The van der Waals surface area contributed by atoms with Crippen molar-refractivity contribution in [3.05, 3.63) is 71.4 Å². The molecule has 164 valence electrons. The highest BCUT2D eigenvalue weighted by molar-refractivity contribution is 6.01. The van der Waals surface area contributed by atoms with Gasteiger partial charge in [0.25, 0.3) is 5.91 Å². The van der Waals surface area contributed by atoms with E-state index in [1.54, 1.807) is 7.05 Å². The lowest BCUT2D eigenvalue weighted by Gasteiger charge is -2.15. The van der Waals surface area contributed by atoms with Crippen molar-refractivity contribution in [1.82, 2.24) is 15.1 Å². The van der Waals surface area contributed by atoms with Crippen LogP contribution in [0.3, 0.4) is 0 Å². The maximum Gasteiger partial charge on any atom is 0.412 e. The maximum atomic E-state index is 12.5. The first kappa shape index (κ1) is 21.1. The number of carboxylic acid groups (broad SMARTS) is 1. The van der Waals surface area contributed by atoms with Crippen LogP contribution in [0, 0.1) is 0 Å². The van der Waals surface area contributed by atoms with Gasteiger partial charge in [0.2, 0.25) is 0 Å². The number of carboxylic acids is 1. The summed E-state index contributed by atoms with van der Waals surface area (Å²) in [7, 11) is 1.58. The summed E-state index contributed by atoms with van der Waals surface area (Å²) in [5, 5.41) is 17.8. The minimum Gasteiger partial charge on any atom is -0.481 e. The third-order valence-corrected chi connectivity index (χ3v) is 5.37. The zero-order chi connectivity index (χ0) is 22.7. The van der Waals surface area contributed by atoms with Crippen molar-refractivity contribution in [2.75, 3.05) is 18.5 Å². The summed E-state index contributed by atoms with van der Waals surface area (Å²) in [5.74, 6) is -1.48. The van der Waals surface area contributed by atoms with Gasteiger partial charge in [0.05, 0.1) is 12.6 Å². The Hall–Kier alpha value is -4.14. The lowest BCUT2D eigenvalue weighted by molar-refractivity contribution is -0.136. The Morgan fingerprint density at radius 1 is 1.06 bits per heavy atom. The number of benzene rings is 2. The standard InChI is InChI=1S/C23H22N4O5/c1-27-21(18(12-25-27)22(30)24-11-10-20(28)29)26-23(31)32-13-19-16-8-4-2-6-14(16)15-7-3-5-9-17(15)19/h2-9,12,19H,10-11,13H2,1H3,(H,24,30)(H,26,31)(H,28,29). The SMILES string of the molecule is Cn1ncc(C(=O)NCCC(=O)O)c1NC(=O)OCC1c2ccccc2-c2ccccc21. The molecular formula is C23H22N4O5. The molecule has 0 fully saturated rings. The molecule has 3 N–H and O–H groups in total. The second-order valence-electron chi connectivity index (χ2n) is 7.38. The van der Waals surface area contributed by atoms with E-state index in [-0.39, 0.29) is 36.9 Å². The number of aliphatic carboxylic acids is 1. The van der Waals surface area contributed by atoms with Crippen LogP contribution in [0.4, 0.5) is 10.6 Å². The molecule has 0 spiro atoms. The highest BCUT2D eigenvalue weighted by Gasteiger charge is 2.29. The fourth-order valence-electron chi connectivity index (χ4n) is 3.86. The Morgan fingerprint density at radius 3 is 2.31 bits per heavy atom. The van der Waals surface area contributed by atoms with Crippen molar-refractivity contribution in [2.24, 2.45) is 7.05 Å². The van der Waals surface area contributed by atoms with Gasteiger partial charge in [0.15, 0.2) is 0 Å². The van der Waals surface area contributed by atoms with E-state index in [0.717, 1.165) is 22.3 Å². The Morgan fingerprint density at radius 2 is 1.69 bits per heavy atom. The predicted octanol–water partition coefficient (Wildman–Crippen LogP) is 2.99. The van der Waals surface area contributed by atoms with E-state index >= 15 is 0 Å². The van der Waals surface area contributed by atoms with Gasteiger partial charge >= 0.3 is 12.1 Å². The maximum absolute atomic E-state index is 12.5. The van der Waals surface area contributed by atoms with E-state index in [0.29, 0.717) is 0 Å². The van der Waals surface area contributed by atoms with Gasteiger partial charge in [0, 0.05) is 19.5 Å². The number of fused-ring (bicyclic) bond motifs is 3. The zero-order valence-electron chi connectivity index (χ0n) is 17.4. The normalized spacial score (nSPS) is 12.0. The number of nitrogens with zero attached hydrogens (tertiary/aromatic N) is 2. The summed E-state index contributed by atoms with van der Waals surface area (Å²) in [6.45, 7) is 0.102. The van der Waals surface area contributed by atoms with Crippen LogP contribution in [0.5, 0.6) is 0 Å². The Labute approximate surface area is 184 Å². The van der Waals surface area contributed by atoms with Gasteiger partial charge in [-0.05, 0) is 22.3 Å². The first-order valence-corrected chi connectivity index (χ1v) is 10.1. The molecule has 0 atom stereocenters. The van der Waals surface area contributed by atoms with Gasteiger partial charge in [0.1, 0.15) is 18.0 Å². The van der Waals surface area contributed by atoms with Crippen LogP contribution in [0.25, 0.3) is 11.1 Å². The van der Waals surface area contributed by atoms with Crippen molar-refractivity contribution in [2.45, 2.75) is 12.3 Å². The van der Waals surface area contributed by atoms with Crippen molar-refractivity contribution >= 4 is 23.8 Å². The molecule has 0 saturated heterocycles. The predicted molar refractivity (Wildman–Crippen MR) is 116 cm³/mol. The molecule has 2 amide bonds. The number of ether oxygens (including phenoxy) is 1. The lowest BCUT2D eigenvalue weighted by Crippen LogP contribution is -2.27. The summed E-state index contributed by atoms with van der Waals surface area (Å²) >= 11 is 0. The molecule has 1 heterocycles. The molecule has 1 aromatic heterocycles. The fourth-order valence-corrected chi connectivity index (χ4v) is 3.86. The number of aromatic nitrogens is 2. The minimum atomic E-state index is -1.02. The molecular weight excluding hydrogens is 412 g/mol. The van der Waals surface area contributed by atoms with Crippen molar-refractivity contribution < 1.29 is 24.2 Å². The van der Waals surface area contributed by atoms with Crippen LogP contribution in [-0.4, -0.2) is 46.0 Å². The van der Waals surface area contributed by atoms with Crippen molar-refractivity contribution in [3.8, 4) is 11.1 Å². The molecule has 9 heteroatoms. The zero-order valence-corrected chi connectivity index (χ0v) is 17.4. The second kappa shape index (κ2) is 8.93. The molecule has 1 aliphatic carbocycles. The van der Waals surface area contributed by atoms with Gasteiger partial charge in [-0.25, -0.2) is 4.79 Å². The molecule has 0 unspecified atom stereocenters. The number of hydrogen-bond donors (Lipinski definition) is 3. The molecule has 32 heavy (non-hydrogen) atoms. The lowest BCUT2D eigenvalue weighted by atomic mass is 9.98. The topological polar surface area (TPSA) is 123 Å². The molecule has 0 saturated carbocycles. The number of hydrogen-bond acceptors (Lipinski definition) is 5. The van der Waals surface area contributed by atoms with Gasteiger partial charge in [-0.2, -0.15) is 5.10 Å². The van der Waals surface area contributed by atoms with Crippen LogP contribution < -0.4 is 10.6 Å². The van der Waals surface area contributed by atoms with E-state index in [1.165, 1.54) is 10.9 Å². The number of carbonyl (C=O) groups is 3. The fraction of sp³-hybridized carbons (Fsp3) is 0.217. The number of nitrogens with one attached hydrogen (secondary N) is 2. The number of carbonyl (C=O) groups excluding carboxylic acids is 2. The number of amides is 2. The first-order chi connectivity index (χ1) is 15.5. The van der Waals surface area contributed by atoms with E-state index < -0.39 is 18.0 Å². The average Bonchev–Trinajstić information content (AvgIpc) is 3.30. The Balaban J connectivity index is 1.43. The Bertz CT molecular complexity index is 1140. The van der Waals surface area contributed by atoms with Gasteiger partial charge in [-0.3, -0.25) is 19.6 Å². The van der Waals surface area contributed by atoms with Crippen LogP contribution in [0.1, 0.15) is 33.8 Å². The van der Waals surface area contributed by atoms with Gasteiger partial charge < -0.3 is 15.2 Å². The van der Waals surface area contributed by atoms with Crippen LogP contribution in [-0.2, 0) is 16.6 Å². The van der Waals surface area contributed by atoms with E-state index in [2.05, 4.69) is 27.9 Å². The number of aryl methyl sites for hydroxylation is 1. The second-order valence-corrected chi connectivity index (χ2v) is 7.38. The molecule has 1 aliphatic rings. The largest absolute Gasteiger partial charge is 0.481 e. The highest BCUT2D eigenvalue weighted by atomic mass is 16.5. The van der Waals surface area contributed by atoms with Crippen LogP contribution >= 0.6 is 0 Å². The number of rotatable bonds is 7. The highest BCUT2D eigenvalue weighted by Crippen LogP contribution is 2.44. The molecule has 2 aromatic carbocycles. The van der Waals surface area contributed by atoms with Crippen LogP contribution in [0.2, 0.25) is 0 Å². The first-order valence-electron chi connectivity index (χ1n) is 10.1. The van der Waals surface area contributed by atoms with E-state index in [4.69, 9.17) is 9.84 Å². The monoisotopic (exact) mass is 434 g/mol. The summed E-state index contributed by atoms with van der Waals surface area (Å²) < 4.78 is 6.86. The average molecular weight is 434 g/mol. The summed E-state index contributed by atoms with van der Waals surface area (Å²) in [6, 6.07) is 16.1. The van der Waals surface area contributed by atoms with Crippen LogP contribution in [0.15, 0.2) is 54.7 Å². The minimum absolute atomic E-state index is 0.0343. The molecule has 0 aliphatic heterocycles. The van der Waals surface area contributed by atoms with Crippen molar-refractivity contribution in [1.29, 1.82) is 0 Å².